The van der Waals surface area contributed by atoms with Crippen LogP contribution in [0.1, 0.15) is 37.3 Å². The molecule has 7 nitrogen and oxygen atoms in total. The maximum absolute atomic E-state index is 12.4. The summed E-state index contributed by atoms with van der Waals surface area (Å²) in [4.78, 5) is 50.5. The molecule has 29 heavy (non-hydrogen) atoms. The monoisotopic (exact) mass is 398 g/mol. The largest absolute Gasteiger partial charge is 0.452 e. The van der Waals surface area contributed by atoms with E-state index in [1.54, 1.807) is 0 Å². The molecule has 0 radical (unpaired) electrons. The molecule has 7 heteroatoms. The number of hydrogen-bond acceptors (Lipinski definition) is 5. The topological polar surface area (TPSA) is 92.8 Å². The molecular formula is C22H26N2O5. The van der Waals surface area contributed by atoms with Gasteiger partial charge in [-0.1, -0.05) is 30.4 Å². The summed E-state index contributed by atoms with van der Waals surface area (Å²) >= 11 is 0. The number of ether oxygens (including phenoxy) is 1. The molecule has 1 aromatic carbocycles. The lowest BCUT2D eigenvalue weighted by Gasteiger charge is -2.17. The van der Waals surface area contributed by atoms with E-state index in [4.69, 9.17) is 4.74 Å². The van der Waals surface area contributed by atoms with E-state index < -0.39 is 18.0 Å². The molecule has 1 aliphatic carbocycles. The van der Waals surface area contributed by atoms with Crippen molar-refractivity contribution in [1.29, 1.82) is 0 Å². The van der Waals surface area contributed by atoms with Crippen LogP contribution in [0.3, 0.4) is 0 Å². The van der Waals surface area contributed by atoms with Crippen LogP contribution in [-0.4, -0.2) is 41.2 Å². The Balaban J connectivity index is 1.51. The van der Waals surface area contributed by atoms with Crippen molar-refractivity contribution >= 4 is 29.4 Å². The molecule has 0 saturated carbocycles. The zero-order valence-corrected chi connectivity index (χ0v) is 16.9. The number of fused-ring (bicyclic) bond motifs is 1. The lowest BCUT2D eigenvalue weighted by Crippen LogP contribution is -2.35. The van der Waals surface area contributed by atoms with E-state index in [0.717, 1.165) is 16.0 Å². The summed E-state index contributed by atoms with van der Waals surface area (Å²) in [5.74, 6) is -2.13. The summed E-state index contributed by atoms with van der Waals surface area (Å²) in [6.45, 7) is 5.24. The van der Waals surface area contributed by atoms with Gasteiger partial charge in [-0.25, -0.2) is 0 Å². The van der Waals surface area contributed by atoms with E-state index in [1.165, 1.54) is 6.92 Å². The van der Waals surface area contributed by atoms with E-state index in [2.05, 4.69) is 5.32 Å². The molecule has 0 aromatic heterocycles. The van der Waals surface area contributed by atoms with E-state index >= 15 is 0 Å². The van der Waals surface area contributed by atoms with Gasteiger partial charge in [-0.3, -0.25) is 24.1 Å². The summed E-state index contributed by atoms with van der Waals surface area (Å²) in [5.41, 5.74) is 2.53. The maximum atomic E-state index is 12.4. The van der Waals surface area contributed by atoms with Crippen LogP contribution in [0.5, 0.6) is 0 Å². The molecule has 0 spiro atoms. The van der Waals surface area contributed by atoms with Gasteiger partial charge in [0.05, 0.1) is 18.3 Å². The highest BCUT2D eigenvalue weighted by atomic mass is 16.5. The molecule has 3 atom stereocenters. The van der Waals surface area contributed by atoms with Crippen molar-refractivity contribution in [2.45, 2.75) is 46.1 Å². The number of esters is 1. The fourth-order valence-electron chi connectivity index (χ4n) is 3.84. The van der Waals surface area contributed by atoms with Crippen LogP contribution in [0.25, 0.3) is 0 Å². The second-order valence-electron chi connectivity index (χ2n) is 7.62. The van der Waals surface area contributed by atoms with Crippen LogP contribution in [0.4, 0.5) is 5.69 Å². The number of para-hydroxylation sites is 1. The number of anilines is 1. The summed E-state index contributed by atoms with van der Waals surface area (Å²) in [6.07, 6.45) is 3.84. The number of likely N-dealkylation sites (tertiary alicyclic amines) is 1. The summed E-state index contributed by atoms with van der Waals surface area (Å²) in [6, 6.07) is 5.67. The Labute approximate surface area is 170 Å². The molecule has 0 unspecified atom stereocenters. The second kappa shape index (κ2) is 8.59. The molecule has 1 saturated heterocycles. The third-order valence-corrected chi connectivity index (χ3v) is 5.55. The van der Waals surface area contributed by atoms with Gasteiger partial charge in [0.2, 0.25) is 11.8 Å². The minimum Gasteiger partial charge on any atom is -0.452 e. The van der Waals surface area contributed by atoms with Gasteiger partial charge in [0, 0.05) is 12.2 Å². The summed E-state index contributed by atoms with van der Waals surface area (Å²) < 4.78 is 5.20. The zero-order valence-electron chi connectivity index (χ0n) is 16.9. The van der Waals surface area contributed by atoms with Gasteiger partial charge in [-0.2, -0.15) is 0 Å². The van der Waals surface area contributed by atoms with Gasteiger partial charge in [0.1, 0.15) is 0 Å². The fourth-order valence-corrected chi connectivity index (χ4v) is 3.84. The van der Waals surface area contributed by atoms with Crippen molar-refractivity contribution in [2.75, 3.05) is 11.9 Å². The normalized spacial score (nSPS) is 21.7. The van der Waals surface area contributed by atoms with Crippen LogP contribution in [0, 0.1) is 25.7 Å². The highest BCUT2D eigenvalue weighted by Gasteiger charge is 2.47. The van der Waals surface area contributed by atoms with Crippen molar-refractivity contribution in [2.24, 2.45) is 11.8 Å². The number of nitrogens with zero attached hydrogens (tertiary/aromatic N) is 1. The van der Waals surface area contributed by atoms with Crippen molar-refractivity contribution in [3.05, 3.63) is 41.5 Å². The number of rotatable bonds is 6. The highest BCUT2D eigenvalue weighted by Crippen LogP contribution is 2.35. The Morgan fingerprint density at radius 2 is 1.66 bits per heavy atom. The van der Waals surface area contributed by atoms with Crippen molar-refractivity contribution in [1.82, 2.24) is 4.90 Å². The first-order valence-electron chi connectivity index (χ1n) is 9.86. The Bertz CT molecular complexity index is 830. The number of benzene rings is 1. The molecule has 154 valence electrons. The van der Waals surface area contributed by atoms with Crippen LogP contribution < -0.4 is 5.32 Å². The molecule has 1 aromatic rings. The van der Waals surface area contributed by atoms with Crippen molar-refractivity contribution < 1.29 is 23.9 Å². The lowest BCUT2D eigenvalue weighted by molar-refractivity contribution is -0.154. The minimum atomic E-state index is -0.988. The first-order chi connectivity index (χ1) is 13.8. The zero-order chi connectivity index (χ0) is 21.1. The van der Waals surface area contributed by atoms with Gasteiger partial charge < -0.3 is 10.1 Å². The Morgan fingerprint density at radius 1 is 1.10 bits per heavy atom. The number of hydrogen-bond donors (Lipinski definition) is 1. The number of aryl methyl sites for hydroxylation is 2. The highest BCUT2D eigenvalue weighted by molar-refractivity contribution is 6.05. The fraction of sp³-hybridized carbons (Fsp3) is 0.455. The van der Waals surface area contributed by atoms with E-state index in [9.17, 15) is 19.2 Å². The average Bonchev–Trinajstić information content (AvgIpc) is 2.93. The Kier molecular flexibility index (Phi) is 6.15. The van der Waals surface area contributed by atoms with Gasteiger partial charge in [0.25, 0.3) is 5.91 Å². The number of carbonyl (C=O) groups excluding carboxylic acids is 4. The van der Waals surface area contributed by atoms with Crippen molar-refractivity contribution in [3.63, 3.8) is 0 Å². The van der Waals surface area contributed by atoms with Crippen molar-refractivity contribution in [3.8, 4) is 0 Å². The van der Waals surface area contributed by atoms with Gasteiger partial charge in [-0.15, -0.1) is 0 Å². The lowest BCUT2D eigenvalue weighted by atomic mass is 9.85. The molecule has 2 aliphatic rings. The SMILES string of the molecule is Cc1cccc(C)c1NC(=O)[C@@H](C)OC(=O)CCN1C(=O)[C@H]2CC=CC[C@H]2C1=O. The molecule has 0 bridgehead atoms. The van der Waals surface area contributed by atoms with Crippen LogP contribution in [0.15, 0.2) is 30.4 Å². The number of carbonyl (C=O) groups is 4. The minimum absolute atomic E-state index is 0.0191. The quantitative estimate of drug-likeness (QED) is 0.452. The second-order valence-corrected chi connectivity index (χ2v) is 7.62. The van der Waals surface area contributed by atoms with Gasteiger partial charge in [0.15, 0.2) is 6.10 Å². The first-order valence-corrected chi connectivity index (χ1v) is 9.86. The Morgan fingerprint density at radius 3 is 2.21 bits per heavy atom. The smallest absolute Gasteiger partial charge is 0.308 e. The molecule has 1 fully saturated rings. The molecule has 1 N–H and O–H groups in total. The van der Waals surface area contributed by atoms with Crippen LogP contribution >= 0.6 is 0 Å². The van der Waals surface area contributed by atoms with E-state index in [1.807, 2.05) is 44.2 Å². The number of nitrogens with one attached hydrogen (secondary N) is 1. The first kappa shape index (κ1) is 20.8. The van der Waals surface area contributed by atoms with Gasteiger partial charge in [-0.05, 0) is 44.7 Å². The number of allylic oxidation sites excluding steroid dienone is 2. The average molecular weight is 398 g/mol. The number of amides is 3. The van der Waals surface area contributed by atoms with E-state index in [0.29, 0.717) is 18.5 Å². The third-order valence-electron chi connectivity index (χ3n) is 5.55. The molecular weight excluding hydrogens is 372 g/mol. The predicted molar refractivity (Wildman–Crippen MR) is 107 cm³/mol. The van der Waals surface area contributed by atoms with E-state index in [-0.39, 0.29) is 36.6 Å². The van der Waals surface area contributed by atoms with Crippen LogP contribution in [0.2, 0.25) is 0 Å². The summed E-state index contributed by atoms with van der Waals surface area (Å²) in [5, 5.41) is 2.79. The van der Waals surface area contributed by atoms with Crippen LogP contribution in [-0.2, 0) is 23.9 Å². The number of imide groups is 1. The molecule has 3 amide bonds. The Hall–Kier alpha value is -2.96. The maximum Gasteiger partial charge on any atom is 0.308 e. The molecule has 1 heterocycles. The predicted octanol–water partition coefficient (Wildman–Crippen LogP) is 2.51. The molecule has 3 rings (SSSR count). The van der Waals surface area contributed by atoms with Gasteiger partial charge >= 0.3 is 5.97 Å². The molecule has 1 aliphatic heterocycles. The summed E-state index contributed by atoms with van der Waals surface area (Å²) in [7, 11) is 0. The third kappa shape index (κ3) is 4.39. The standard InChI is InChI=1S/C22H26N2O5/c1-13-7-6-8-14(2)19(13)23-20(26)15(3)29-18(25)11-12-24-21(27)16-9-4-5-10-17(16)22(24)28/h4-8,15-17H,9-12H2,1-3H3,(H,23,26)/t15-,16-,17+/m1/s1.